The monoisotopic (exact) mass is 277 g/mol. The number of aliphatic hydroxyl groups is 1. The smallest absolute Gasteiger partial charge is 0.224 e. The van der Waals surface area contributed by atoms with Gasteiger partial charge in [0.2, 0.25) is 5.91 Å². The lowest BCUT2D eigenvalue weighted by Gasteiger charge is -2.32. The maximum Gasteiger partial charge on any atom is 0.224 e. The summed E-state index contributed by atoms with van der Waals surface area (Å²) < 4.78 is 0. The van der Waals surface area contributed by atoms with Crippen molar-refractivity contribution in [2.75, 3.05) is 29.9 Å². The quantitative estimate of drug-likeness (QED) is 0.758. The van der Waals surface area contributed by atoms with Gasteiger partial charge in [0.1, 0.15) is 0 Å². The molecule has 0 spiro atoms. The molecule has 5 nitrogen and oxygen atoms in total. The van der Waals surface area contributed by atoms with Crippen molar-refractivity contribution >= 4 is 17.3 Å². The number of carbonyl (C=O) groups is 1. The van der Waals surface area contributed by atoms with Gasteiger partial charge in [0, 0.05) is 19.5 Å². The van der Waals surface area contributed by atoms with Crippen molar-refractivity contribution in [3.05, 3.63) is 24.3 Å². The molecule has 1 aliphatic heterocycles. The number of hydrogen-bond donors (Lipinski definition) is 3. The number of carbonyl (C=O) groups excluding carboxylic acids is 1. The largest absolute Gasteiger partial charge is 0.393 e. The highest BCUT2D eigenvalue weighted by molar-refractivity contribution is 5.94. The molecule has 1 amide bonds. The third-order valence-electron chi connectivity index (χ3n) is 3.59. The Hall–Kier alpha value is -1.59. The Balaban J connectivity index is 2.04. The standard InChI is InChI=1S/C15H23N3O2/c16-9-3-6-15(20)17-13-4-1-2-5-14(13)18-10-7-12(19)8-11-18/h1-2,4-5,12,19H,3,6-11,16H2,(H,17,20). The molecule has 0 bridgehead atoms. The molecule has 1 aliphatic rings. The van der Waals surface area contributed by atoms with E-state index in [4.69, 9.17) is 5.73 Å². The van der Waals surface area contributed by atoms with Crippen LogP contribution < -0.4 is 16.0 Å². The highest BCUT2D eigenvalue weighted by Gasteiger charge is 2.19. The molecule has 1 heterocycles. The second kappa shape index (κ2) is 7.26. The molecular weight excluding hydrogens is 254 g/mol. The Morgan fingerprint density at radius 1 is 1.35 bits per heavy atom. The minimum atomic E-state index is -0.197. The minimum Gasteiger partial charge on any atom is -0.393 e. The van der Waals surface area contributed by atoms with Crippen LogP contribution in [0.5, 0.6) is 0 Å². The van der Waals surface area contributed by atoms with Gasteiger partial charge < -0.3 is 21.1 Å². The fraction of sp³-hybridized carbons (Fsp3) is 0.533. The van der Waals surface area contributed by atoms with Gasteiger partial charge >= 0.3 is 0 Å². The summed E-state index contributed by atoms with van der Waals surface area (Å²) in [6, 6.07) is 7.81. The predicted octanol–water partition coefficient (Wildman–Crippen LogP) is 1.33. The zero-order chi connectivity index (χ0) is 14.4. The summed E-state index contributed by atoms with van der Waals surface area (Å²) in [6.07, 6.45) is 2.50. The van der Waals surface area contributed by atoms with Gasteiger partial charge in [-0.3, -0.25) is 4.79 Å². The fourth-order valence-corrected chi connectivity index (χ4v) is 2.44. The van der Waals surface area contributed by atoms with E-state index in [0.29, 0.717) is 19.4 Å². The van der Waals surface area contributed by atoms with E-state index in [9.17, 15) is 9.90 Å². The number of para-hydroxylation sites is 2. The summed E-state index contributed by atoms with van der Waals surface area (Å²) in [7, 11) is 0. The third kappa shape index (κ3) is 3.95. The number of nitrogens with zero attached hydrogens (tertiary/aromatic N) is 1. The molecule has 0 unspecified atom stereocenters. The molecule has 1 aromatic rings. The van der Waals surface area contributed by atoms with Crippen LogP contribution in [0.15, 0.2) is 24.3 Å². The molecule has 0 saturated carbocycles. The Bertz CT molecular complexity index is 442. The number of anilines is 2. The number of rotatable bonds is 5. The van der Waals surface area contributed by atoms with E-state index < -0.39 is 0 Å². The fourth-order valence-electron chi connectivity index (χ4n) is 2.44. The maximum absolute atomic E-state index is 11.8. The Morgan fingerprint density at radius 2 is 2.05 bits per heavy atom. The van der Waals surface area contributed by atoms with Gasteiger partial charge in [0.15, 0.2) is 0 Å². The van der Waals surface area contributed by atoms with Gasteiger partial charge in [-0.1, -0.05) is 12.1 Å². The first-order chi connectivity index (χ1) is 9.70. The van der Waals surface area contributed by atoms with Crippen molar-refractivity contribution < 1.29 is 9.90 Å². The SMILES string of the molecule is NCCCC(=O)Nc1ccccc1N1CCC(O)CC1. The van der Waals surface area contributed by atoms with Crippen molar-refractivity contribution in [3.63, 3.8) is 0 Å². The lowest BCUT2D eigenvalue weighted by Crippen LogP contribution is -2.36. The molecule has 4 N–H and O–H groups in total. The molecule has 0 aromatic heterocycles. The van der Waals surface area contributed by atoms with Crippen LogP contribution in [0, 0.1) is 0 Å². The van der Waals surface area contributed by atoms with E-state index >= 15 is 0 Å². The minimum absolute atomic E-state index is 0.0000517. The molecule has 2 rings (SSSR count). The zero-order valence-electron chi connectivity index (χ0n) is 11.7. The van der Waals surface area contributed by atoms with Gasteiger partial charge in [-0.15, -0.1) is 0 Å². The first kappa shape index (κ1) is 14.8. The van der Waals surface area contributed by atoms with Crippen LogP contribution in [0.2, 0.25) is 0 Å². The molecule has 0 aliphatic carbocycles. The lowest BCUT2D eigenvalue weighted by atomic mass is 10.1. The third-order valence-corrected chi connectivity index (χ3v) is 3.59. The van der Waals surface area contributed by atoms with Gasteiger partial charge in [-0.2, -0.15) is 0 Å². The van der Waals surface area contributed by atoms with E-state index in [1.165, 1.54) is 0 Å². The van der Waals surface area contributed by atoms with Gasteiger partial charge in [0.05, 0.1) is 17.5 Å². The summed E-state index contributed by atoms with van der Waals surface area (Å²) in [4.78, 5) is 14.0. The van der Waals surface area contributed by atoms with Crippen molar-refractivity contribution in [1.29, 1.82) is 0 Å². The summed E-state index contributed by atoms with van der Waals surface area (Å²) in [5, 5.41) is 12.5. The maximum atomic E-state index is 11.8. The molecule has 0 radical (unpaired) electrons. The van der Waals surface area contributed by atoms with Crippen LogP contribution in [0.25, 0.3) is 0 Å². The van der Waals surface area contributed by atoms with Crippen LogP contribution >= 0.6 is 0 Å². The Kier molecular flexibility index (Phi) is 5.38. The molecule has 20 heavy (non-hydrogen) atoms. The molecular formula is C15H23N3O2. The highest BCUT2D eigenvalue weighted by atomic mass is 16.3. The molecule has 1 fully saturated rings. The topological polar surface area (TPSA) is 78.6 Å². The first-order valence-electron chi connectivity index (χ1n) is 7.22. The number of piperidine rings is 1. The van der Waals surface area contributed by atoms with Crippen molar-refractivity contribution in [2.24, 2.45) is 5.73 Å². The van der Waals surface area contributed by atoms with E-state index in [0.717, 1.165) is 37.3 Å². The van der Waals surface area contributed by atoms with Crippen molar-refractivity contribution in [2.45, 2.75) is 31.8 Å². The van der Waals surface area contributed by atoms with Gasteiger partial charge in [-0.25, -0.2) is 0 Å². The van der Waals surface area contributed by atoms with Crippen LogP contribution in [-0.4, -0.2) is 36.8 Å². The highest BCUT2D eigenvalue weighted by Crippen LogP contribution is 2.28. The predicted molar refractivity (Wildman–Crippen MR) is 80.8 cm³/mol. The van der Waals surface area contributed by atoms with Crippen molar-refractivity contribution in [1.82, 2.24) is 0 Å². The summed E-state index contributed by atoms with van der Waals surface area (Å²) in [5.74, 6) is -0.0000517. The molecule has 110 valence electrons. The number of nitrogens with two attached hydrogens (primary N) is 1. The average Bonchev–Trinajstić information content (AvgIpc) is 2.47. The number of amides is 1. The van der Waals surface area contributed by atoms with Crippen LogP contribution in [0.3, 0.4) is 0 Å². The molecule has 5 heteroatoms. The summed E-state index contributed by atoms with van der Waals surface area (Å²) in [6.45, 7) is 2.16. The number of nitrogens with one attached hydrogen (secondary N) is 1. The Morgan fingerprint density at radius 3 is 2.75 bits per heavy atom. The normalized spacial score (nSPS) is 16.2. The number of benzene rings is 1. The van der Waals surface area contributed by atoms with Gasteiger partial charge in [0.25, 0.3) is 0 Å². The van der Waals surface area contributed by atoms with E-state index in [-0.39, 0.29) is 12.0 Å². The van der Waals surface area contributed by atoms with Gasteiger partial charge in [-0.05, 0) is 37.9 Å². The Labute approximate surface area is 119 Å². The van der Waals surface area contributed by atoms with E-state index in [2.05, 4.69) is 10.2 Å². The average molecular weight is 277 g/mol. The first-order valence-corrected chi connectivity index (χ1v) is 7.22. The zero-order valence-corrected chi connectivity index (χ0v) is 11.7. The molecule has 1 aromatic carbocycles. The lowest BCUT2D eigenvalue weighted by molar-refractivity contribution is -0.116. The van der Waals surface area contributed by atoms with Crippen LogP contribution in [-0.2, 0) is 4.79 Å². The van der Waals surface area contributed by atoms with Crippen LogP contribution in [0.1, 0.15) is 25.7 Å². The van der Waals surface area contributed by atoms with Crippen LogP contribution in [0.4, 0.5) is 11.4 Å². The van der Waals surface area contributed by atoms with E-state index in [1.807, 2.05) is 24.3 Å². The number of aliphatic hydroxyl groups excluding tert-OH is 1. The number of hydrogen-bond acceptors (Lipinski definition) is 4. The van der Waals surface area contributed by atoms with E-state index in [1.54, 1.807) is 0 Å². The summed E-state index contributed by atoms with van der Waals surface area (Å²) in [5.41, 5.74) is 7.29. The molecule has 1 saturated heterocycles. The summed E-state index contributed by atoms with van der Waals surface area (Å²) >= 11 is 0. The second-order valence-electron chi connectivity index (χ2n) is 5.18. The van der Waals surface area contributed by atoms with Crippen molar-refractivity contribution in [3.8, 4) is 0 Å². The second-order valence-corrected chi connectivity index (χ2v) is 5.18. The molecule has 0 atom stereocenters.